The summed E-state index contributed by atoms with van der Waals surface area (Å²) < 4.78 is 26.9. The molecule has 1 unspecified atom stereocenters. The summed E-state index contributed by atoms with van der Waals surface area (Å²) in [5, 5.41) is -0.0600. The van der Waals surface area contributed by atoms with Crippen molar-refractivity contribution in [1.82, 2.24) is 9.71 Å². The van der Waals surface area contributed by atoms with E-state index in [2.05, 4.69) is 15.1 Å². The van der Waals surface area contributed by atoms with E-state index < -0.39 is 10.0 Å². The predicted octanol–water partition coefficient (Wildman–Crippen LogP) is 0.834. The average Bonchev–Trinajstić information content (AvgIpc) is 3.12. The van der Waals surface area contributed by atoms with Gasteiger partial charge in [0.1, 0.15) is 0 Å². The van der Waals surface area contributed by atoms with Gasteiger partial charge in [0.15, 0.2) is 5.03 Å². The maximum Gasteiger partial charge on any atom is 0.260 e. The van der Waals surface area contributed by atoms with E-state index in [4.69, 9.17) is 5.84 Å². The molecule has 2 rings (SSSR count). The van der Waals surface area contributed by atoms with Crippen LogP contribution in [0, 0.1) is 5.92 Å². The number of hydrogen-bond acceptors (Lipinski definition) is 5. The van der Waals surface area contributed by atoms with Crippen LogP contribution in [0.4, 0.5) is 5.69 Å². The highest BCUT2D eigenvalue weighted by Gasteiger charge is 2.27. The van der Waals surface area contributed by atoms with Crippen molar-refractivity contribution in [3.8, 4) is 0 Å². The Morgan fingerprint density at radius 1 is 1.56 bits per heavy atom. The Balaban J connectivity index is 2.13. The van der Waals surface area contributed by atoms with Crippen molar-refractivity contribution in [1.29, 1.82) is 0 Å². The van der Waals surface area contributed by atoms with Crippen molar-refractivity contribution in [3.05, 3.63) is 18.3 Å². The second-order valence-corrected chi connectivity index (χ2v) is 6.33. The zero-order chi connectivity index (χ0) is 13.2. The number of hydrazine groups is 1. The molecule has 1 aromatic heterocycles. The predicted molar refractivity (Wildman–Crippen MR) is 69.2 cm³/mol. The van der Waals surface area contributed by atoms with Crippen LogP contribution >= 0.6 is 0 Å². The van der Waals surface area contributed by atoms with Crippen LogP contribution in [0.15, 0.2) is 23.4 Å². The number of anilines is 1. The van der Waals surface area contributed by atoms with E-state index in [0.29, 0.717) is 11.6 Å². The molecular formula is C11H18N4O2S. The number of rotatable bonds is 6. The standard InChI is InChI=1S/C11H18N4O2S/c1-8(7-9-4-5-9)15-18(16,17)11-10(14-12)3-2-6-13-11/h2-3,6,8-9,14-15H,4-5,7,12H2,1H3. The van der Waals surface area contributed by atoms with Crippen molar-refractivity contribution < 1.29 is 8.42 Å². The summed E-state index contributed by atoms with van der Waals surface area (Å²) in [4.78, 5) is 3.88. The monoisotopic (exact) mass is 270 g/mol. The van der Waals surface area contributed by atoms with Gasteiger partial charge in [-0.05, 0) is 31.4 Å². The third-order valence-corrected chi connectivity index (χ3v) is 4.47. The lowest BCUT2D eigenvalue weighted by Crippen LogP contribution is -2.34. The molecule has 6 nitrogen and oxygen atoms in total. The molecule has 1 aliphatic rings. The van der Waals surface area contributed by atoms with Gasteiger partial charge in [-0.2, -0.15) is 0 Å². The van der Waals surface area contributed by atoms with Crippen LogP contribution < -0.4 is 16.0 Å². The third-order valence-electron chi connectivity index (χ3n) is 2.92. The number of aromatic nitrogens is 1. The SMILES string of the molecule is CC(CC1CC1)NS(=O)(=O)c1ncccc1NN. The Morgan fingerprint density at radius 2 is 2.28 bits per heavy atom. The number of nitrogens with one attached hydrogen (secondary N) is 2. The fraction of sp³-hybridized carbons (Fsp3) is 0.545. The summed E-state index contributed by atoms with van der Waals surface area (Å²) in [5.41, 5.74) is 2.64. The molecule has 1 fully saturated rings. The number of pyridine rings is 1. The van der Waals surface area contributed by atoms with Crippen LogP contribution in [0.25, 0.3) is 0 Å². The molecule has 0 radical (unpaired) electrons. The number of nitrogen functional groups attached to an aromatic ring is 1. The van der Waals surface area contributed by atoms with E-state index in [1.165, 1.54) is 19.0 Å². The van der Waals surface area contributed by atoms with Gasteiger partial charge in [0.05, 0.1) is 5.69 Å². The molecule has 1 aromatic rings. The van der Waals surface area contributed by atoms with E-state index in [1.54, 1.807) is 12.1 Å². The topological polar surface area (TPSA) is 97.1 Å². The lowest BCUT2D eigenvalue weighted by atomic mass is 10.2. The van der Waals surface area contributed by atoms with Gasteiger partial charge in [0.2, 0.25) is 0 Å². The van der Waals surface area contributed by atoms with Crippen molar-refractivity contribution in [2.45, 2.75) is 37.3 Å². The molecule has 1 saturated carbocycles. The molecule has 0 bridgehead atoms. The summed E-state index contributed by atoms with van der Waals surface area (Å²) >= 11 is 0. The molecule has 0 saturated heterocycles. The van der Waals surface area contributed by atoms with Crippen LogP contribution in [0.5, 0.6) is 0 Å². The molecule has 0 spiro atoms. The second-order valence-electron chi connectivity index (χ2n) is 4.70. The minimum absolute atomic E-state index is 0.0600. The Bertz CT molecular complexity index is 514. The second kappa shape index (κ2) is 5.21. The van der Waals surface area contributed by atoms with E-state index in [9.17, 15) is 8.42 Å². The van der Waals surface area contributed by atoms with E-state index in [0.717, 1.165) is 6.42 Å². The molecule has 0 aliphatic heterocycles. The van der Waals surface area contributed by atoms with Crippen molar-refractivity contribution in [2.24, 2.45) is 11.8 Å². The van der Waals surface area contributed by atoms with E-state index in [-0.39, 0.29) is 11.1 Å². The molecule has 18 heavy (non-hydrogen) atoms. The first-order chi connectivity index (χ1) is 8.53. The third kappa shape index (κ3) is 3.18. The fourth-order valence-corrected chi connectivity index (χ4v) is 3.29. The van der Waals surface area contributed by atoms with Gasteiger partial charge in [-0.3, -0.25) is 5.84 Å². The summed E-state index contributed by atoms with van der Waals surface area (Å²) in [7, 11) is -3.62. The molecule has 1 heterocycles. The molecule has 1 aliphatic carbocycles. The molecule has 0 amide bonds. The van der Waals surface area contributed by atoms with Crippen molar-refractivity contribution in [2.75, 3.05) is 5.43 Å². The zero-order valence-electron chi connectivity index (χ0n) is 10.3. The highest BCUT2D eigenvalue weighted by molar-refractivity contribution is 7.89. The first-order valence-electron chi connectivity index (χ1n) is 5.97. The van der Waals surface area contributed by atoms with E-state index in [1.807, 2.05) is 6.92 Å². The minimum atomic E-state index is -3.62. The number of nitrogens with zero attached hydrogens (tertiary/aromatic N) is 1. The zero-order valence-corrected chi connectivity index (χ0v) is 11.1. The minimum Gasteiger partial charge on any atom is -0.321 e. The number of sulfonamides is 1. The van der Waals surface area contributed by atoms with Crippen molar-refractivity contribution in [3.63, 3.8) is 0 Å². The Kier molecular flexibility index (Phi) is 3.84. The fourth-order valence-electron chi connectivity index (χ4n) is 1.94. The average molecular weight is 270 g/mol. The van der Waals surface area contributed by atoms with Gasteiger partial charge in [-0.1, -0.05) is 12.8 Å². The Morgan fingerprint density at radius 3 is 2.89 bits per heavy atom. The van der Waals surface area contributed by atoms with Crippen LogP contribution in [-0.4, -0.2) is 19.4 Å². The van der Waals surface area contributed by atoms with Gasteiger partial charge in [0.25, 0.3) is 10.0 Å². The maximum absolute atomic E-state index is 12.2. The van der Waals surface area contributed by atoms with Gasteiger partial charge < -0.3 is 5.43 Å². The van der Waals surface area contributed by atoms with Crippen LogP contribution in [0.3, 0.4) is 0 Å². The quantitative estimate of drug-likeness (QED) is 0.525. The van der Waals surface area contributed by atoms with Gasteiger partial charge in [-0.25, -0.2) is 18.1 Å². The summed E-state index contributed by atoms with van der Waals surface area (Å²) in [6.45, 7) is 1.87. The Labute approximate surface area is 107 Å². The van der Waals surface area contributed by atoms with Gasteiger partial charge >= 0.3 is 0 Å². The smallest absolute Gasteiger partial charge is 0.260 e. The van der Waals surface area contributed by atoms with Gasteiger partial charge in [0, 0.05) is 12.2 Å². The molecule has 0 aromatic carbocycles. The molecule has 4 N–H and O–H groups in total. The lowest BCUT2D eigenvalue weighted by Gasteiger charge is -2.14. The number of nitrogens with two attached hydrogens (primary N) is 1. The maximum atomic E-state index is 12.2. The van der Waals surface area contributed by atoms with E-state index >= 15 is 0 Å². The first-order valence-corrected chi connectivity index (χ1v) is 7.45. The molecule has 100 valence electrons. The van der Waals surface area contributed by atoms with Crippen molar-refractivity contribution >= 4 is 15.7 Å². The lowest BCUT2D eigenvalue weighted by molar-refractivity contribution is 0.528. The summed E-state index contributed by atoms with van der Waals surface area (Å²) in [6.07, 6.45) is 4.70. The highest BCUT2D eigenvalue weighted by Crippen LogP contribution is 2.33. The summed E-state index contributed by atoms with van der Waals surface area (Å²) in [5.74, 6) is 5.95. The van der Waals surface area contributed by atoms with Crippen LogP contribution in [0.1, 0.15) is 26.2 Å². The Hall–Kier alpha value is -1.18. The van der Waals surface area contributed by atoms with Gasteiger partial charge in [-0.15, -0.1) is 0 Å². The molecule has 1 atom stereocenters. The number of hydrogen-bond donors (Lipinski definition) is 3. The highest BCUT2D eigenvalue weighted by atomic mass is 32.2. The van der Waals surface area contributed by atoms with Crippen LogP contribution in [-0.2, 0) is 10.0 Å². The van der Waals surface area contributed by atoms with Crippen LogP contribution in [0.2, 0.25) is 0 Å². The molecular weight excluding hydrogens is 252 g/mol. The normalized spacial score (nSPS) is 17.4. The summed E-state index contributed by atoms with van der Waals surface area (Å²) in [6, 6.07) is 3.12. The largest absolute Gasteiger partial charge is 0.321 e. The molecule has 7 heteroatoms. The first kappa shape index (κ1) is 13.3.